The predicted octanol–water partition coefficient (Wildman–Crippen LogP) is 3.08. The molecule has 0 unspecified atom stereocenters. The second-order valence-electron chi connectivity index (χ2n) is 7.88. The van der Waals surface area contributed by atoms with E-state index < -0.39 is 10.0 Å². The van der Waals surface area contributed by atoms with Gasteiger partial charge in [0.05, 0.1) is 5.75 Å². The number of carbonyl (C=O) groups is 1. The van der Waals surface area contributed by atoms with Gasteiger partial charge in [0.1, 0.15) is 5.75 Å². The van der Waals surface area contributed by atoms with Gasteiger partial charge in [-0.15, -0.1) is 0 Å². The van der Waals surface area contributed by atoms with Gasteiger partial charge in [-0.3, -0.25) is 4.79 Å². The van der Waals surface area contributed by atoms with Crippen LogP contribution in [0.25, 0.3) is 0 Å². The molecule has 0 aliphatic carbocycles. The van der Waals surface area contributed by atoms with Crippen LogP contribution in [0.1, 0.15) is 42.9 Å². The molecule has 0 aromatic heterocycles. The van der Waals surface area contributed by atoms with Crippen LogP contribution in [0.3, 0.4) is 0 Å². The lowest BCUT2D eigenvalue weighted by atomic mass is 10.0. The van der Waals surface area contributed by atoms with E-state index >= 15 is 0 Å². The molecule has 0 bridgehead atoms. The summed E-state index contributed by atoms with van der Waals surface area (Å²) in [5.41, 5.74) is 3.50. The summed E-state index contributed by atoms with van der Waals surface area (Å²) in [6.07, 6.45) is 1.11. The molecule has 0 atom stereocenters. The van der Waals surface area contributed by atoms with Crippen molar-refractivity contribution >= 4 is 15.9 Å². The summed E-state index contributed by atoms with van der Waals surface area (Å²) in [5.74, 6) is 0.848. The average Bonchev–Trinajstić information content (AvgIpc) is 2.75. The zero-order valence-electron chi connectivity index (χ0n) is 17.6. The van der Waals surface area contributed by atoms with E-state index in [4.69, 9.17) is 4.74 Å². The number of fused-ring (bicyclic) bond motifs is 1. The van der Waals surface area contributed by atoms with E-state index in [0.717, 1.165) is 12.0 Å². The molecule has 0 radical (unpaired) electrons. The highest BCUT2D eigenvalue weighted by atomic mass is 32.2. The van der Waals surface area contributed by atoms with Gasteiger partial charge in [0, 0.05) is 19.6 Å². The molecule has 0 saturated heterocycles. The van der Waals surface area contributed by atoms with E-state index in [-0.39, 0.29) is 18.3 Å². The van der Waals surface area contributed by atoms with Crippen molar-refractivity contribution < 1.29 is 17.9 Å². The average molecular weight is 431 g/mol. The van der Waals surface area contributed by atoms with Gasteiger partial charge in [0.2, 0.25) is 10.0 Å². The number of hydrogen-bond acceptors (Lipinski definition) is 4. The van der Waals surface area contributed by atoms with E-state index in [2.05, 4.69) is 25.2 Å². The van der Waals surface area contributed by atoms with Gasteiger partial charge in [-0.25, -0.2) is 8.42 Å². The van der Waals surface area contributed by atoms with Gasteiger partial charge in [0.15, 0.2) is 6.61 Å². The van der Waals surface area contributed by atoms with Crippen molar-refractivity contribution in [2.24, 2.45) is 0 Å². The molecule has 0 spiro atoms. The molecule has 1 amide bonds. The third-order valence-corrected chi connectivity index (χ3v) is 7.21. The molecule has 1 N–H and O–H groups in total. The minimum Gasteiger partial charge on any atom is -0.484 e. The third kappa shape index (κ3) is 6.06. The van der Waals surface area contributed by atoms with Crippen molar-refractivity contribution in [3.63, 3.8) is 0 Å². The van der Waals surface area contributed by atoms with Crippen molar-refractivity contribution in [2.45, 2.75) is 39.2 Å². The highest BCUT2D eigenvalue weighted by molar-refractivity contribution is 7.89. The summed E-state index contributed by atoms with van der Waals surface area (Å²) in [5, 5.41) is 2.73. The quantitative estimate of drug-likeness (QED) is 0.621. The van der Waals surface area contributed by atoms with Crippen LogP contribution >= 0.6 is 0 Å². The number of ether oxygens (including phenoxy) is 1. The molecule has 0 saturated carbocycles. The lowest BCUT2D eigenvalue weighted by molar-refractivity contribution is -0.123. The normalized spacial score (nSPS) is 14.4. The summed E-state index contributed by atoms with van der Waals surface area (Å²) in [4.78, 5) is 12.0. The standard InChI is InChI=1S/C23H30N2O4S/c1-18(2)19-8-10-22(11-9-19)29-17-23(26)24-13-5-15-30(27,28)25-14-12-20-6-3-4-7-21(20)16-25/h3-4,6-11,18H,5,12-17H2,1-2H3,(H,24,26). The second kappa shape index (κ2) is 10.1. The lowest BCUT2D eigenvalue weighted by Crippen LogP contribution is -2.38. The molecule has 30 heavy (non-hydrogen) atoms. The first-order chi connectivity index (χ1) is 14.3. The Labute approximate surface area is 179 Å². The Morgan fingerprint density at radius 2 is 1.80 bits per heavy atom. The Morgan fingerprint density at radius 1 is 1.10 bits per heavy atom. The molecule has 1 aliphatic rings. The molecule has 2 aromatic rings. The fourth-order valence-electron chi connectivity index (χ4n) is 3.47. The van der Waals surface area contributed by atoms with Gasteiger partial charge in [-0.05, 0) is 47.6 Å². The molecular weight excluding hydrogens is 400 g/mol. The third-order valence-electron chi connectivity index (χ3n) is 5.31. The molecule has 1 aliphatic heterocycles. The van der Waals surface area contributed by atoms with Gasteiger partial charge >= 0.3 is 0 Å². The van der Waals surface area contributed by atoms with Crippen molar-refractivity contribution in [1.29, 1.82) is 0 Å². The summed E-state index contributed by atoms with van der Waals surface area (Å²) in [7, 11) is -3.34. The first-order valence-corrected chi connectivity index (χ1v) is 12.0. The van der Waals surface area contributed by atoms with Crippen LogP contribution in [-0.2, 0) is 27.8 Å². The number of carbonyl (C=O) groups excluding carboxylic acids is 1. The Kier molecular flexibility index (Phi) is 7.50. The zero-order valence-corrected chi connectivity index (χ0v) is 18.5. The van der Waals surface area contributed by atoms with Crippen LogP contribution in [0.2, 0.25) is 0 Å². The van der Waals surface area contributed by atoms with Crippen LogP contribution in [0, 0.1) is 0 Å². The van der Waals surface area contributed by atoms with Gasteiger partial charge in [-0.1, -0.05) is 50.2 Å². The Balaban J connectivity index is 1.37. The monoisotopic (exact) mass is 430 g/mol. The molecule has 3 rings (SSSR count). The zero-order chi connectivity index (χ0) is 21.6. The van der Waals surface area contributed by atoms with Crippen molar-refractivity contribution in [3.8, 4) is 5.75 Å². The molecule has 0 fully saturated rings. The summed E-state index contributed by atoms with van der Waals surface area (Å²) in [6.45, 7) is 5.39. The number of nitrogens with one attached hydrogen (secondary N) is 1. The maximum Gasteiger partial charge on any atom is 0.257 e. The minimum absolute atomic E-state index is 0.0208. The van der Waals surface area contributed by atoms with E-state index in [9.17, 15) is 13.2 Å². The lowest BCUT2D eigenvalue weighted by Gasteiger charge is -2.28. The molecule has 2 aromatic carbocycles. The Hall–Kier alpha value is -2.38. The van der Waals surface area contributed by atoms with Crippen LogP contribution in [0.15, 0.2) is 48.5 Å². The van der Waals surface area contributed by atoms with Gasteiger partial charge < -0.3 is 10.1 Å². The Morgan fingerprint density at radius 3 is 2.50 bits per heavy atom. The minimum atomic E-state index is -3.34. The fraction of sp³-hybridized carbons (Fsp3) is 0.435. The molecule has 7 heteroatoms. The molecule has 6 nitrogen and oxygen atoms in total. The largest absolute Gasteiger partial charge is 0.484 e. The molecule has 162 valence electrons. The van der Waals surface area contributed by atoms with Crippen molar-refractivity contribution in [1.82, 2.24) is 9.62 Å². The van der Waals surface area contributed by atoms with Crippen LogP contribution in [0.4, 0.5) is 0 Å². The summed E-state index contributed by atoms with van der Waals surface area (Å²) < 4.78 is 32.3. The highest BCUT2D eigenvalue weighted by Crippen LogP contribution is 2.21. The first kappa shape index (κ1) is 22.3. The molecular formula is C23H30N2O4S. The van der Waals surface area contributed by atoms with Crippen molar-refractivity contribution in [2.75, 3.05) is 25.4 Å². The predicted molar refractivity (Wildman–Crippen MR) is 118 cm³/mol. The maximum atomic E-state index is 12.6. The number of amides is 1. The van der Waals surface area contributed by atoms with E-state index in [1.807, 2.05) is 42.5 Å². The Bertz CT molecular complexity index is 955. The molecule has 1 heterocycles. The topological polar surface area (TPSA) is 75.7 Å². The van der Waals surface area contributed by atoms with E-state index in [0.29, 0.717) is 37.7 Å². The number of benzene rings is 2. The number of sulfonamides is 1. The fourth-order valence-corrected chi connectivity index (χ4v) is 4.94. The van der Waals surface area contributed by atoms with E-state index in [1.165, 1.54) is 11.1 Å². The summed E-state index contributed by atoms with van der Waals surface area (Å²) in [6, 6.07) is 15.6. The SMILES string of the molecule is CC(C)c1ccc(OCC(=O)NCCCS(=O)(=O)N2CCc3ccccc3C2)cc1. The van der Waals surface area contributed by atoms with Crippen LogP contribution in [0.5, 0.6) is 5.75 Å². The van der Waals surface area contributed by atoms with Crippen LogP contribution < -0.4 is 10.1 Å². The number of nitrogens with zero attached hydrogens (tertiary/aromatic N) is 1. The highest BCUT2D eigenvalue weighted by Gasteiger charge is 2.26. The number of hydrogen-bond donors (Lipinski definition) is 1. The smallest absolute Gasteiger partial charge is 0.257 e. The van der Waals surface area contributed by atoms with E-state index in [1.54, 1.807) is 4.31 Å². The van der Waals surface area contributed by atoms with Crippen molar-refractivity contribution in [3.05, 3.63) is 65.2 Å². The van der Waals surface area contributed by atoms with Gasteiger partial charge in [-0.2, -0.15) is 4.31 Å². The second-order valence-corrected chi connectivity index (χ2v) is 9.97. The summed E-state index contributed by atoms with van der Waals surface area (Å²) >= 11 is 0. The number of rotatable bonds is 9. The first-order valence-electron chi connectivity index (χ1n) is 10.4. The maximum absolute atomic E-state index is 12.6. The van der Waals surface area contributed by atoms with Crippen LogP contribution in [-0.4, -0.2) is 44.1 Å². The van der Waals surface area contributed by atoms with Gasteiger partial charge in [0.25, 0.3) is 5.91 Å².